The summed E-state index contributed by atoms with van der Waals surface area (Å²) in [5, 5.41) is 25.3. The van der Waals surface area contributed by atoms with Gasteiger partial charge in [0.1, 0.15) is 29.3 Å². The van der Waals surface area contributed by atoms with Gasteiger partial charge < -0.3 is 24.8 Å². The number of benzene rings is 1. The highest BCUT2D eigenvalue weighted by Crippen LogP contribution is 2.28. The third kappa shape index (κ3) is 10.3. The number of rotatable bonds is 10. The lowest BCUT2D eigenvalue weighted by Crippen LogP contribution is -2.43. The molecule has 0 saturated carbocycles. The summed E-state index contributed by atoms with van der Waals surface area (Å²) in [5.41, 5.74) is -1.73. The van der Waals surface area contributed by atoms with Gasteiger partial charge in [-0.25, -0.2) is 18.6 Å². The topological polar surface area (TPSA) is 183 Å². The number of pyridine rings is 1. The zero-order chi connectivity index (χ0) is 32.7. The predicted molar refractivity (Wildman–Crippen MR) is 149 cm³/mol. The van der Waals surface area contributed by atoms with Crippen molar-refractivity contribution in [2.75, 3.05) is 6.54 Å². The third-order valence-electron chi connectivity index (χ3n) is 5.18. The van der Waals surface area contributed by atoms with Crippen molar-refractivity contribution in [3.05, 3.63) is 47.7 Å². The lowest BCUT2D eigenvalue weighted by atomic mass is 10.1. The normalized spacial score (nSPS) is 12.1. The number of ether oxygens (including phenoxy) is 3. The SMILES string of the molecule is CC(C)(C)OC(=O)C[C@@H](Cn1nnc(-c2ccc(Oc3ncc(C(=O)NCC#N)cc3F)cc2F)n1)NC(=O)OC(C)(C)C. The number of carbonyl (C=O) groups excluding carboxylic acids is 3. The van der Waals surface area contributed by atoms with Crippen molar-refractivity contribution in [2.24, 2.45) is 0 Å². The molecule has 0 bridgehead atoms. The molecule has 0 fully saturated rings. The lowest BCUT2D eigenvalue weighted by Gasteiger charge is -2.24. The monoisotopic (exact) mass is 614 g/mol. The van der Waals surface area contributed by atoms with Gasteiger partial charge in [0.25, 0.3) is 11.8 Å². The van der Waals surface area contributed by atoms with E-state index in [0.29, 0.717) is 0 Å². The molecule has 0 saturated heterocycles. The molecule has 3 aromatic rings. The molecule has 2 aromatic heterocycles. The van der Waals surface area contributed by atoms with Crippen LogP contribution in [0, 0.1) is 23.0 Å². The molecule has 2 N–H and O–H groups in total. The molecule has 234 valence electrons. The van der Waals surface area contributed by atoms with Crippen LogP contribution in [0.15, 0.2) is 30.5 Å². The first-order valence-corrected chi connectivity index (χ1v) is 13.3. The molecule has 0 unspecified atom stereocenters. The lowest BCUT2D eigenvalue weighted by molar-refractivity contribution is -0.155. The van der Waals surface area contributed by atoms with Crippen molar-refractivity contribution in [2.45, 2.75) is 71.8 Å². The summed E-state index contributed by atoms with van der Waals surface area (Å²) in [6.07, 6.45) is 0.0475. The van der Waals surface area contributed by atoms with Crippen LogP contribution >= 0.6 is 0 Å². The predicted octanol–water partition coefficient (Wildman–Crippen LogP) is 3.68. The van der Waals surface area contributed by atoms with E-state index in [0.717, 1.165) is 23.1 Å². The summed E-state index contributed by atoms with van der Waals surface area (Å²) < 4.78 is 45.5. The number of esters is 1. The maximum absolute atomic E-state index is 15.0. The van der Waals surface area contributed by atoms with Crippen LogP contribution < -0.4 is 15.4 Å². The van der Waals surface area contributed by atoms with E-state index in [4.69, 9.17) is 19.5 Å². The zero-order valence-corrected chi connectivity index (χ0v) is 25.0. The van der Waals surface area contributed by atoms with Crippen molar-refractivity contribution >= 4 is 18.0 Å². The van der Waals surface area contributed by atoms with Gasteiger partial charge in [-0.2, -0.15) is 10.1 Å². The van der Waals surface area contributed by atoms with Crippen LogP contribution in [-0.2, 0) is 20.8 Å². The Morgan fingerprint density at radius 3 is 2.36 bits per heavy atom. The van der Waals surface area contributed by atoms with Crippen LogP contribution in [0.25, 0.3) is 11.4 Å². The number of aromatic nitrogens is 5. The first kappa shape index (κ1) is 33.3. The van der Waals surface area contributed by atoms with E-state index in [1.807, 2.05) is 0 Å². The standard InChI is InChI=1S/C28H32F2N8O6/c1-27(2,3)43-22(39)12-17(34-26(41)44-28(4,5)6)15-38-36-23(35-37-38)19-8-7-18(13-20(19)29)42-25-21(30)11-16(14-33-25)24(40)32-10-9-31/h7-8,11,13-14,17H,10,12,15H2,1-6H3,(H,32,40)(H,34,41)/t17-/m0/s1. The van der Waals surface area contributed by atoms with Gasteiger partial charge in [0.15, 0.2) is 5.82 Å². The molecule has 16 heteroatoms. The smallest absolute Gasteiger partial charge is 0.407 e. The van der Waals surface area contributed by atoms with Gasteiger partial charge in [-0.05, 0) is 65.0 Å². The van der Waals surface area contributed by atoms with Crippen LogP contribution in [0.2, 0.25) is 0 Å². The number of alkyl carbamates (subject to hydrolysis) is 1. The summed E-state index contributed by atoms with van der Waals surface area (Å²) >= 11 is 0. The summed E-state index contributed by atoms with van der Waals surface area (Å²) in [6, 6.07) is 5.31. The highest BCUT2D eigenvalue weighted by Gasteiger charge is 2.26. The van der Waals surface area contributed by atoms with E-state index in [1.54, 1.807) is 47.6 Å². The molecule has 44 heavy (non-hydrogen) atoms. The minimum Gasteiger partial charge on any atom is -0.460 e. The Labute approximate surface area is 251 Å². The fourth-order valence-corrected chi connectivity index (χ4v) is 3.54. The zero-order valence-electron chi connectivity index (χ0n) is 25.0. The summed E-state index contributed by atoms with van der Waals surface area (Å²) in [5.74, 6) is -3.81. The number of nitrogens with one attached hydrogen (secondary N) is 2. The number of hydrogen-bond acceptors (Lipinski definition) is 11. The highest BCUT2D eigenvalue weighted by molar-refractivity contribution is 5.94. The molecule has 1 atom stereocenters. The van der Waals surface area contributed by atoms with Crippen molar-refractivity contribution in [3.63, 3.8) is 0 Å². The van der Waals surface area contributed by atoms with Crippen molar-refractivity contribution < 1.29 is 37.4 Å². The molecular weight excluding hydrogens is 582 g/mol. The molecule has 3 rings (SSSR count). The summed E-state index contributed by atoms with van der Waals surface area (Å²) in [7, 11) is 0. The van der Waals surface area contributed by atoms with E-state index >= 15 is 4.39 Å². The van der Waals surface area contributed by atoms with Gasteiger partial charge in [-0.15, -0.1) is 10.2 Å². The van der Waals surface area contributed by atoms with Crippen molar-refractivity contribution in [1.29, 1.82) is 5.26 Å². The molecule has 2 amide bonds. The van der Waals surface area contributed by atoms with E-state index in [2.05, 4.69) is 31.0 Å². The summed E-state index contributed by atoms with van der Waals surface area (Å²) in [4.78, 5) is 41.6. The summed E-state index contributed by atoms with van der Waals surface area (Å²) in [6.45, 7) is 9.81. The second kappa shape index (κ2) is 13.8. The Balaban J connectivity index is 1.73. The van der Waals surface area contributed by atoms with Crippen molar-refractivity contribution in [3.8, 4) is 29.1 Å². The number of tetrazole rings is 1. The Hall–Kier alpha value is -5.20. The minimum absolute atomic E-state index is 0.0645. The van der Waals surface area contributed by atoms with Crippen LogP contribution in [0.4, 0.5) is 13.6 Å². The number of halogens is 2. The first-order chi connectivity index (χ1) is 20.5. The van der Waals surface area contributed by atoms with Gasteiger partial charge >= 0.3 is 12.1 Å². The van der Waals surface area contributed by atoms with Gasteiger partial charge in [-0.1, -0.05) is 0 Å². The number of nitriles is 1. The fourth-order valence-electron chi connectivity index (χ4n) is 3.54. The third-order valence-corrected chi connectivity index (χ3v) is 5.18. The second-order valence-electron chi connectivity index (χ2n) is 11.4. The second-order valence-corrected chi connectivity index (χ2v) is 11.4. The first-order valence-electron chi connectivity index (χ1n) is 13.3. The molecular formula is C28H32F2N8O6. The highest BCUT2D eigenvalue weighted by atomic mass is 19.1. The fraction of sp³-hybridized carbons (Fsp3) is 0.429. The van der Waals surface area contributed by atoms with Gasteiger partial charge in [0.05, 0.1) is 36.2 Å². The van der Waals surface area contributed by atoms with Gasteiger partial charge in [-0.3, -0.25) is 9.59 Å². The molecule has 2 heterocycles. The van der Waals surface area contributed by atoms with E-state index in [-0.39, 0.29) is 42.2 Å². The van der Waals surface area contributed by atoms with Crippen LogP contribution in [-0.4, -0.2) is 66.9 Å². The number of nitrogens with zero attached hydrogens (tertiary/aromatic N) is 6. The van der Waals surface area contributed by atoms with Gasteiger partial charge in [0, 0.05) is 12.3 Å². The Bertz CT molecular complexity index is 1530. The molecule has 0 aliphatic rings. The average Bonchev–Trinajstić information content (AvgIpc) is 3.34. The van der Waals surface area contributed by atoms with E-state index in [1.165, 1.54) is 12.1 Å². The molecule has 0 spiro atoms. The maximum atomic E-state index is 15.0. The van der Waals surface area contributed by atoms with Crippen LogP contribution in [0.3, 0.4) is 0 Å². The Kier molecular flexibility index (Phi) is 10.5. The molecule has 0 aliphatic heterocycles. The Morgan fingerprint density at radius 2 is 1.75 bits per heavy atom. The van der Waals surface area contributed by atoms with E-state index in [9.17, 15) is 18.8 Å². The largest absolute Gasteiger partial charge is 0.460 e. The van der Waals surface area contributed by atoms with E-state index < -0.39 is 52.7 Å². The molecule has 0 radical (unpaired) electrons. The average molecular weight is 615 g/mol. The Morgan fingerprint density at radius 1 is 1.05 bits per heavy atom. The molecule has 14 nitrogen and oxygen atoms in total. The van der Waals surface area contributed by atoms with Crippen LogP contribution in [0.5, 0.6) is 11.6 Å². The minimum atomic E-state index is -0.982. The quantitative estimate of drug-likeness (QED) is 0.251. The molecule has 1 aromatic carbocycles. The van der Waals surface area contributed by atoms with Gasteiger partial charge in [0.2, 0.25) is 5.82 Å². The number of hydrogen-bond donors (Lipinski definition) is 2. The number of carbonyl (C=O) groups is 3. The van der Waals surface area contributed by atoms with Crippen molar-refractivity contribution in [1.82, 2.24) is 35.8 Å². The van der Waals surface area contributed by atoms with Crippen LogP contribution in [0.1, 0.15) is 58.3 Å². The maximum Gasteiger partial charge on any atom is 0.407 e. The number of amides is 2. The molecule has 0 aliphatic carbocycles.